The van der Waals surface area contributed by atoms with Crippen LogP contribution in [0.4, 0.5) is 11.4 Å². The molecule has 0 aliphatic carbocycles. The van der Waals surface area contributed by atoms with Gasteiger partial charge >= 0.3 is 0 Å². The van der Waals surface area contributed by atoms with Gasteiger partial charge in [0, 0.05) is 17.9 Å². The highest BCUT2D eigenvalue weighted by Gasteiger charge is 2.18. The van der Waals surface area contributed by atoms with Gasteiger partial charge in [-0.3, -0.25) is 4.72 Å². The van der Waals surface area contributed by atoms with Crippen LogP contribution in [-0.2, 0) is 16.4 Å². The molecule has 5 heteroatoms. The SMILES string of the molecule is O=S(=O)(Nc1ccccc1)c1ccc2c(c1)NCC2. The molecular formula is C14H14N2O2S. The molecule has 0 saturated heterocycles. The zero-order valence-electron chi connectivity index (χ0n) is 10.3. The first-order valence-electron chi connectivity index (χ1n) is 6.10. The van der Waals surface area contributed by atoms with Gasteiger partial charge in [0.05, 0.1) is 4.90 Å². The van der Waals surface area contributed by atoms with Crippen LogP contribution < -0.4 is 10.0 Å². The van der Waals surface area contributed by atoms with Crippen LogP contribution in [0.3, 0.4) is 0 Å². The summed E-state index contributed by atoms with van der Waals surface area (Å²) in [6, 6.07) is 14.1. The fraction of sp³-hybridized carbons (Fsp3) is 0.143. The Hall–Kier alpha value is -2.01. The predicted molar refractivity (Wildman–Crippen MR) is 75.9 cm³/mol. The van der Waals surface area contributed by atoms with E-state index in [0.717, 1.165) is 18.7 Å². The summed E-state index contributed by atoms with van der Waals surface area (Å²) in [4.78, 5) is 0.282. The summed E-state index contributed by atoms with van der Waals surface area (Å²) in [5.74, 6) is 0. The second-order valence-electron chi connectivity index (χ2n) is 4.47. The molecule has 0 unspecified atom stereocenters. The van der Waals surface area contributed by atoms with Crippen LogP contribution in [0.5, 0.6) is 0 Å². The number of nitrogens with one attached hydrogen (secondary N) is 2. The van der Waals surface area contributed by atoms with E-state index in [-0.39, 0.29) is 4.90 Å². The van der Waals surface area contributed by atoms with Crippen molar-refractivity contribution in [3.05, 3.63) is 54.1 Å². The lowest BCUT2D eigenvalue weighted by atomic mass is 10.2. The number of para-hydroxylation sites is 1. The number of benzene rings is 2. The molecule has 0 atom stereocenters. The first-order chi connectivity index (χ1) is 9.15. The normalized spacial score (nSPS) is 13.7. The van der Waals surface area contributed by atoms with Crippen LogP contribution in [0, 0.1) is 0 Å². The highest BCUT2D eigenvalue weighted by molar-refractivity contribution is 7.92. The Labute approximate surface area is 112 Å². The molecule has 1 heterocycles. The highest BCUT2D eigenvalue weighted by Crippen LogP contribution is 2.26. The van der Waals surface area contributed by atoms with Crippen molar-refractivity contribution in [1.29, 1.82) is 0 Å². The van der Waals surface area contributed by atoms with Crippen LogP contribution in [-0.4, -0.2) is 15.0 Å². The summed E-state index contributed by atoms with van der Waals surface area (Å²) in [6.45, 7) is 0.866. The summed E-state index contributed by atoms with van der Waals surface area (Å²) in [5, 5.41) is 3.18. The van der Waals surface area contributed by atoms with E-state index in [1.165, 1.54) is 5.56 Å². The molecule has 0 amide bonds. The summed E-state index contributed by atoms with van der Waals surface area (Å²) in [7, 11) is -3.52. The molecule has 98 valence electrons. The molecule has 2 N–H and O–H groups in total. The number of rotatable bonds is 3. The van der Waals surface area contributed by atoms with Crippen molar-refractivity contribution < 1.29 is 8.42 Å². The summed E-state index contributed by atoms with van der Waals surface area (Å²) >= 11 is 0. The Bertz CT molecular complexity index is 697. The fourth-order valence-corrected chi connectivity index (χ4v) is 3.24. The van der Waals surface area contributed by atoms with Gasteiger partial charge in [-0.25, -0.2) is 8.42 Å². The van der Waals surface area contributed by atoms with Crippen molar-refractivity contribution in [2.75, 3.05) is 16.6 Å². The Morgan fingerprint density at radius 3 is 2.63 bits per heavy atom. The number of sulfonamides is 1. The minimum atomic E-state index is -3.52. The Balaban J connectivity index is 1.92. The lowest BCUT2D eigenvalue weighted by Gasteiger charge is -2.09. The van der Waals surface area contributed by atoms with Crippen LogP contribution >= 0.6 is 0 Å². The molecule has 19 heavy (non-hydrogen) atoms. The second kappa shape index (κ2) is 4.59. The average molecular weight is 274 g/mol. The van der Waals surface area contributed by atoms with Crippen LogP contribution in [0.1, 0.15) is 5.56 Å². The van der Waals surface area contributed by atoms with E-state index in [1.54, 1.807) is 36.4 Å². The number of fused-ring (bicyclic) bond motifs is 1. The van der Waals surface area contributed by atoms with Gasteiger partial charge in [0.15, 0.2) is 0 Å². The van der Waals surface area contributed by atoms with Gasteiger partial charge in [0.1, 0.15) is 0 Å². The maximum atomic E-state index is 12.3. The van der Waals surface area contributed by atoms with E-state index in [4.69, 9.17) is 0 Å². The third kappa shape index (κ3) is 2.42. The smallest absolute Gasteiger partial charge is 0.261 e. The zero-order chi connectivity index (χ0) is 13.3. The molecule has 1 aliphatic heterocycles. The van der Waals surface area contributed by atoms with Crippen molar-refractivity contribution in [1.82, 2.24) is 0 Å². The molecule has 2 aromatic rings. The molecule has 3 rings (SSSR count). The zero-order valence-corrected chi connectivity index (χ0v) is 11.1. The Kier molecular flexibility index (Phi) is 2.91. The van der Waals surface area contributed by atoms with Gasteiger partial charge in [-0.15, -0.1) is 0 Å². The Morgan fingerprint density at radius 1 is 1.05 bits per heavy atom. The molecule has 2 aromatic carbocycles. The van der Waals surface area contributed by atoms with E-state index in [1.807, 2.05) is 12.1 Å². The van der Waals surface area contributed by atoms with Gasteiger partial charge in [-0.2, -0.15) is 0 Å². The van der Waals surface area contributed by atoms with Crippen LogP contribution in [0.25, 0.3) is 0 Å². The maximum absolute atomic E-state index is 12.3. The number of hydrogen-bond donors (Lipinski definition) is 2. The molecule has 1 aliphatic rings. The van der Waals surface area contributed by atoms with Gasteiger partial charge in [0.25, 0.3) is 10.0 Å². The molecule has 0 aromatic heterocycles. The quantitative estimate of drug-likeness (QED) is 0.904. The van der Waals surface area contributed by atoms with E-state index in [2.05, 4.69) is 10.0 Å². The van der Waals surface area contributed by atoms with Gasteiger partial charge in [0.2, 0.25) is 0 Å². The molecule has 0 saturated carbocycles. The third-order valence-corrected chi connectivity index (χ3v) is 4.51. The number of anilines is 2. The van der Waals surface area contributed by atoms with Crippen molar-refractivity contribution in [3.8, 4) is 0 Å². The predicted octanol–water partition coefficient (Wildman–Crippen LogP) is 2.46. The fourth-order valence-electron chi connectivity index (χ4n) is 2.16. The largest absolute Gasteiger partial charge is 0.384 e. The van der Waals surface area contributed by atoms with Crippen molar-refractivity contribution in [2.45, 2.75) is 11.3 Å². The first-order valence-corrected chi connectivity index (χ1v) is 7.58. The van der Waals surface area contributed by atoms with Gasteiger partial charge in [-0.1, -0.05) is 24.3 Å². The minimum Gasteiger partial charge on any atom is -0.384 e. The lowest BCUT2D eigenvalue weighted by molar-refractivity contribution is 0.601. The van der Waals surface area contributed by atoms with E-state index < -0.39 is 10.0 Å². The average Bonchev–Trinajstić information content (AvgIpc) is 2.86. The molecule has 0 radical (unpaired) electrons. The number of hydrogen-bond acceptors (Lipinski definition) is 3. The van der Waals surface area contributed by atoms with E-state index in [9.17, 15) is 8.42 Å². The summed E-state index contributed by atoms with van der Waals surface area (Å²) in [5.41, 5.74) is 2.64. The standard InChI is InChI=1S/C14H14N2O2S/c17-19(18,16-12-4-2-1-3-5-12)13-7-6-11-8-9-15-14(11)10-13/h1-7,10,15-16H,8-9H2. The highest BCUT2D eigenvalue weighted by atomic mass is 32.2. The molecule has 0 fully saturated rings. The molecular weight excluding hydrogens is 260 g/mol. The first kappa shape index (κ1) is 12.0. The maximum Gasteiger partial charge on any atom is 0.261 e. The second-order valence-corrected chi connectivity index (χ2v) is 6.15. The van der Waals surface area contributed by atoms with Crippen molar-refractivity contribution in [3.63, 3.8) is 0 Å². The Morgan fingerprint density at radius 2 is 1.84 bits per heavy atom. The van der Waals surface area contributed by atoms with Gasteiger partial charge < -0.3 is 5.32 Å². The van der Waals surface area contributed by atoms with Crippen molar-refractivity contribution in [2.24, 2.45) is 0 Å². The van der Waals surface area contributed by atoms with E-state index >= 15 is 0 Å². The van der Waals surface area contributed by atoms with Crippen LogP contribution in [0.2, 0.25) is 0 Å². The minimum absolute atomic E-state index is 0.282. The topological polar surface area (TPSA) is 58.2 Å². The summed E-state index contributed by atoms with van der Waals surface area (Å²) in [6.07, 6.45) is 0.946. The lowest BCUT2D eigenvalue weighted by Crippen LogP contribution is -2.13. The van der Waals surface area contributed by atoms with Gasteiger partial charge in [-0.05, 0) is 36.2 Å². The van der Waals surface area contributed by atoms with E-state index in [0.29, 0.717) is 5.69 Å². The third-order valence-electron chi connectivity index (χ3n) is 3.13. The summed E-state index contributed by atoms with van der Waals surface area (Å²) < 4.78 is 27.1. The molecule has 0 spiro atoms. The monoisotopic (exact) mass is 274 g/mol. The van der Waals surface area contributed by atoms with Crippen LogP contribution in [0.15, 0.2) is 53.4 Å². The molecule has 4 nitrogen and oxygen atoms in total. The molecule has 0 bridgehead atoms. The van der Waals surface area contributed by atoms with Crippen molar-refractivity contribution >= 4 is 21.4 Å².